The predicted molar refractivity (Wildman–Crippen MR) is 121 cm³/mol. The van der Waals surface area contributed by atoms with Gasteiger partial charge >= 0.3 is 0 Å². The Morgan fingerprint density at radius 3 is 2.42 bits per heavy atom. The van der Waals surface area contributed by atoms with Gasteiger partial charge in [0.25, 0.3) is 5.91 Å². The van der Waals surface area contributed by atoms with Gasteiger partial charge in [0, 0.05) is 24.0 Å². The second-order valence-corrected chi connectivity index (χ2v) is 8.71. The fraction of sp³-hybridized carbons (Fsp3) is 0.333. The highest BCUT2D eigenvalue weighted by Gasteiger charge is 2.16. The first-order valence-corrected chi connectivity index (χ1v) is 11.5. The van der Waals surface area contributed by atoms with Gasteiger partial charge in [0.1, 0.15) is 10.8 Å². The lowest BCUT2D eigenvalue weighted by Gasteiger charge is -2.23. The van der Waals surface area contributed by atoms with Gasteiger partial charge in [-0.3, -0.25) is 14.9 Å². The zero-order valence-corrected chi connectivity index (χ0v) is 18.1. The summed E-state index contributed by atoms with van der Waals surface area (Å²) in [6, 6.07) is 16.4. The summed E-state index contributed by atoms with van der Waals surface area (Å²) in [5.74, 6) is 0.619. The topological polar surface area (TPSA) is 81.2 Å². The van der Waals surface area contributed by atoms with Gasteiger partial charge in [0.05, 0.1) is 6.10 Å². The summed E-state index contributed by atoms with van der Waals surface area (Å²) in [5, 5.41) is 12.0. The maximum atomic E-state index is 12.5. The third-order valence-corrected chi connectivity index (χ3v) is 6.22. The van der Waals surface area contributed by atoms with E-state index >= 15 is 0 Å². The Kier molecular flexibility index (Phi) is 7.04. The number of anilines is 1. The van der Waals surface area contributed by atoms with E-state index in [1.54, 1.807) is 24.3 Å². The first-order valence-electron chi connectivity index (χ1n) is 10.7. The molecule has 6 nitrogen and oxygen atoms in total. The van der Waals surface area contributed by atoms with Crippen molar-refractivity contribution in [2.75, 3.05) is 5.32 Å². The molecule has 0 aliphatic heterocycles. The number of amides is 1. The number of Topliss-reactive ketones (excluding diaryl/α,β-unsaturated/α-hetero) is 1. The molecule has 1 fully saturated rings. The maximum absolute atomic E-state index is 12.5. The number of nitrogens with zero attached hydrogens (tertiary/aromatic N) is 2. The Bertz CT molecular complexity index is 1010. The van der Waals surface area contributed by atoms with Crippen LogP contribution >= 0.6 is 11.3 Å². The van der Waals surface area contributed by atoms with Crippen molar-refractivity contribution in [1.82, 2.24) is 10.2 Å². The molecule has 3 aromatic rings. The SMILES string of the molecule is O=C(CCc1nnc(NC(=O)c2ccc(OC3CCCCC3)cc2)s1)c1ccccc1. The van der Waals surface area contributed by atoms with Gasteiger partial charge in [-0.2, -0.15) is 0 Å². The van der Waals surface area contributed by atoms with Crippen LogP contribution in [0.4, 0.5) is 5.13 Å². The Hall–Kier alpha value is -3.06. The van der Waals surface area contributed by atoms with Gasteiger partial charge in [0.2, 0.25) is 5.13 Å². The lowest BCUT2D eigenvalue weighted by atomic mass is 9.98. The monoisotopic (exact) mass is 435 g/mol. The summed E-state index contributed by atoms with van der Waals surface area (Å²) in [7, 11) is 0. The van der Waals surface area contributed by atoms with E-state index < -0.39 is 0 Å². The summed E-state index contributed by atoms with van der Waals surface area (Å²) in [6.45, 7) is 0. The number of aryl methyl sites for hydroxylation is 1. The van der Waals surface area contributed by atoms with Gasteiger partial charge in [0.15, 0.2) is 5.78 Å². The van der Waals surface area contributed by atoms with Crippen LogP contribution in [0.3, 0.4) is 0 Å². The molecule has 0 atom stereocenters. The third-order valence-electron chi connectivity index (χ3n) is 5.32. The molecule has 0 unspecified atom stereocenters. The molecule has 1 aromatic heterocycles. The van der Waals surface area contributed by atoms with Crippen LogP contribution in [-0.4, -0.2) is 28.0 Å². The number of benzene rings is 2. The normalized spacial score (nSPS) is 14.2. The first kappa shape index (κ1) is 21.2. The number of ether oxygens (including phenoxy) is 1. The van der Waals surface area contributed by atoms with E-state index in [1.165, 1.54) is 30.6 Å². The number of nitrogens with one attached hydrogen (secondary N) is 1. The van der Waals surface area contributed by atoms with Crippen molar-refractivity contribution in [3.8, 4) is 5.75 Å². The van der Waals surface area contributed by atoms with Crippen molar-refractivity contribution in [3.63, 3.8) is 0 Å². The lowest BCUT2D eigenvalue weighted by molar-refractivity contribution is 0.0981. The molecule has 0 bridgehead atoms. The van der Waals surface area contributed by atoms with Crippen LogP contribution in [0.15, 0.2) is 54.6 Å². The largest absolute Gasteiger partial charge is 0.490 e. The molecule has 1 aliphatic rings. The van der Waals surface area contributed by atoms with Gasteiger partial charge < -0.3 is 4.74 Å². The summed E-state index contributed by atoms with van der Waals surface area (Å²) in [6.07, 6.45) is 7.04. The average molecular weight is 436 g/mol. The van der Waals surface area contributed by atoms with Crippen molar-refractivity contribution < 1.29 is 14.3 Å². The number of hydrogen-bond donors (Lipinski definition) is 1. The quantitative estimate of drug-likeness (QED) is 0.485. The molecule has 0 spiro atoms. The number of hydrogen-bond acceptors (Lipinski definition) is 6. The van der Waals surface area contributed by atoms with Crippen LogP contribution in [0.5, 0.6) is 5.75 Å². The van der Waals surface area contributed by atoms with Crippen LogP contribution < -0.4 is 10.1 Å². The number of carbonyl (C=O) groups excluding carboxylic acids is 2. The van der Waals surface area contributed by atoms with E-state index in [-0.39, 0.29) is 17.8 Å². The van der Waals surface area contributed by atoms with Crippen LogP contribution in [0.1, 0.15) is 64.2 Å². The Morgan fingerprint density at radius 2 is 1.68 bits per heavy atom. The minimum absolute atomic E-state index is 0.0666. The van der Waals surface area contributed by atoms with E-state index in [4.69, 9.17) is 4.74 Å². The van der Waals surface area contributed by atoms with Gasteiger partial charge in [-0.1, -0.05) is 48.1 Å². The molecular formula is C24H25N3O3S. The van der Waals surface area contributed by atoms with E-state index in [0.29, 0.717) is 29.1 Å². The molecule has 1 aliphatic carbocycles. The van der Waals surface area contributed by atoms with Crippen molar-refractivity contribution in [1.29, 1.82) is 0 Å². The van der Waals surface area contributed by atoms with E-state index in [9.17, 15) is 9.59 Å². The van der Waals surface area contributed by atoms with Crippen LogP contribution in [-0.2, 0) is 6.42 Å². The van der Waals surface area contributed by atoms with E-state index in [1.807, 2.05) is 30.3 Å². The number of aromatic nitrogens is 2. The van der Waals surface area contributed by atoms with Crippen molar-refractivity contribution in [2.24, 2.45) is 0 Å². The molecule has 1 heterocycles. The van der Waals surface area contributed by atoms with Gasteiger partial charge in [-0.25, -0.2) is 0 Å². The Balaban J connectivity index is 1.27. The second-order valence-electron chi connectivity index (χ2n) is 7.65. The second kappa shape index (κ2) is 10.3. The first-order chi connectivity index (χ1) is 15.2. The standard InChI is InChI=1S/C24H25N3O3S/c28-21(17-7-3-1-4-8-17)15-16-22-26-27-24(31-22)25-23(29)18-11-13-20(14-12-18)30-19-9-5-2-6-10-19/h1,3-4,7-8,11-14,19H,2,5-6,9-10,15-16H2,(H,25,27,29). The van der Waals surface area contributed by atoms with Gasteiger partial charge in [-0.05, 0) is 49.9 Å². The smallest absolute Gasteiger partial charge is 0.257 e. The number of ketones is 1. The number of carbonyl (C=O) groups is 2. The zero-order valence-electron chi connectivity index (χ0n) is 17.3. The Morgan fingerprint density at radius 1 is 0.935 bits per heavy atom. The lowest BCUT2D eigenvalue weighted by Crippen LogP contribution is -2.19. The zero-order chi connectivity index (χ0) is 21.5. The fourth-order valence-corrected chi connectivity index (χ4v) is 4.36. The minimum atomic E-state index is -0.243. The highest BCUT2D eigenvalue weighted by atomic mass is 32.1. The van der Waals surface area contributed by atoms with E-state index in [0.717, 1.165) is 23.6 Å². The molecular weight excluding hydrogens is 410 g/mol. The molecule has 1 saturated carbocycles. The van der Waals surface area contributed by atoms with Crippen molar-refractivity contribution in [2.45, 2.75) is 51.0 Å². The summed E-state index contributed by atoms with van der Waals surface area (Å²) < 4.78 is 6.01. The fourth-order valence-electron chi connectivity index (χ4n) is 3.62. The van der Waals surface area contributed by atoms with Crippen molar-refractivity contribution in [3.05, 3.63) is 70.7 Å². The molecule has 2 aromatic carbocycles. The summed E-state index contributed by atoms with van der Waals surface area (Å²) >= 11 is 1.29. The van der Waals surface area contributed by atoms with Gasteiger partial charge in [-0.15, -0.1) is 10.2 Å². The Labute approximate surface area is 185 Å². The highest BCUT2D eigenvalue weighted by molar-refractivity contribution is 7.15. The predicted octanol–water partition coefficient (Wildman–Crippen LogP) is 5.32. The molecule has 31 heavy (non-hydrogen) atoms. The molecule has 1 N–H and O–H groups in total. The molecule has 7 heteroatoms. The molecule has 160 valence electrons. The summed E-state index contributed by atoms with van der Waals surface area (Å²) in [4.78, 5) is 24.7. The minimum Gasteiger partial charge on any atom is -0.490 e. The molecule has 0 radical (unpaired) electrons. The van der Waals surface area contributed by atoms with Crippen LogP contribution in [0.2, 0.25) is 0 Å². The average Bonchev–Trinajstić information content (AvgIpc) is 3.26. The van der Waals surface area contributed by atoms with Crippen molar-refractivity contribution >= 4 is 28.2 Å². The third kappa shape index (κ3) is 5.98. The molecule has 0 saturated heterocycles. The van der Waals surface area contributed by atoms with E-state index in [2.05, 4.69) is 15.5 Å². The number of rotatable bonds is 8. The summed E-state index contributed by atoms with van der Waals surface area (Å²) in [5.41, 5.74) is 1.23. The van der Waals surface area contributed by atoms with Crippen LogP contribution in [0.25, 0.3) is 0 Å². The molecule has 1 amide bonds. The molecule has 4 rings (SSSR count). The van der Waals surface area contributed by atoms with Crippen LogP contribution in [0, 0.1) is 0 Å². The maximum Gasteiger partial charge on any atom is 0.257 e. The highest BCUT2D eigenvalue weighted by Crippen LogP contribution is 2.24.